The molecule has 1 amide bonds. The Morgan fingerprint density at radius 1 is 1.29 bits per heavy atom. The van der Waals surface area contributed by atoms with Crippen molar-refractivity contribution in [2.24, 2.45) is 0 Å². The molecule has 0 radical (unpaired) electrons. The van der Waals surface area contributed by atoms with Gasteiger partial charge in [-0.05, 0) is 27.2 Å². The SMILES string of the molecule is CCCNC(=O)C(C)Nc1nnc(C)c(C)n1. The fraction of sp³-hybridized carbons (Fsp3) is 0.636. The summed E-state index contributed by atoms with van der Waals surface area (Å²) in [6.07, 6.45) is 0.917. The van der Waals surface area contributed by atoms with Crippen LogP contribution >= 0.6 is 0 Å². The lowest BCUT2D eigenvalue weighted by Gasteiger charge is -2.13. The van der Waals surface area contributed by atoms with E-state index in [9.17, 15) is 4.79 Å². The van der Waals surface area contributed by atoms with Crippen LogP contribution in [-0.2, 0) is 4.79 Å². The Labute approximate surface area is 101 Å². The summed E-state index contributed by atoms with van der Waals surface area (Å²) in [5, 5.41) is 13.6. The highest BCUT2D eigenvalue weighted by atomic mass is 16.2. The van der Waals surface area contributed by atoms with Crippen LogP contribution in [0.4, 0.5) is 5.95 Å². The molecule has 0 bridgehead atoms. The minimum absolute atomic E-state index is 0.0614. The van der Waals surface area contributed by atoms with E-state index in [-0.39, 0.29) is 11.9 Å². The van der Waals surface area contributed by atoms with Gasteiger partial charge in [0.2, 0.25) is 11.9 Å². The van der Waals surface area contributed by atoms with Crippen LogP contribution in [0.2, 0.25) is 0 Å². The molecule has 0 aromatic carbocycles. The molecule has 0 aliphatic carbocycles. The van der Waals surface area contributed by atoms with E-state index in [0.717, 1.165) is 17.8 Å². The largest absolute Gasteiger partial charge is 0.354 e. The monoisotopic (exact) mass is 237 g/mol. The average Bonchev–Trinajstić information content (AvgIpc) is 2.30. The molecular formula is C11H19N5O. The number of aromatic nitrogens is 3. The minimum atomic E-state index is -0.370. The molecule has 1 aromatic heterocycles. The van der Waals surface area contributed by atoms with Crippen molar-refractivity contribution in [1.29, 1.82) is 0 Å². The molecule has 0 spiro atoms. The molecule has 1 unspecified atom stereocenters. The average molecular weight is 237 g/mol. The predicted octanol–water partition coefficient (Wildman–Crippen LogP) is 0.815. The highest BCUT2D eigenvalue weighted by Gasteiger charge is 2.13. The molecular weight excluding hydrogens is 218 g/mol. The highest BCUT2D eigenvalue weighted by Crippen LogP contribution is 2.03. The topological polar surface area (TPSA) is 79.8 Å². The van der Waals surface area contributed by atoms with Gasteiger partial charge in [0.1, 0.15) is 6.04 Å². The summed E-state index contributed by atoms with van der Waals surface area (Å²) in [5.41, 5.74) is 1.60. The Bertz CT molecular complexity index is 393. The van der Waals surface area contributed by atoms with Crippen molar-refractivity contribution in [3.63, 3.8) is 0 Å². The van der Waals surface area contributed by atoms with Gasteiger partial charge in [-0.3, -0.25) is 4.79 Å². The van der Waals surface area contributed by atoms with Crippen molar-refractivity contribution in [3.05, 3.63) is 11.4 Å². The van der Waals surface area contributed by atoms with E-state index < -0.39 is 0 Å². The number of nitrogens with zero attached hydrogens (tertiary/aromatic N) is 3. The molecule has 0 aliphatic rings. The third kappa shape index (κ3) is 3.97. The lowest BCUT2D eigenvalue weighted by atomic mass is 10.3. The zero-order valence-corrected chi connectivity index (χ0v) is 10.7. The number of anilines is 1. The summed E-state index contributed by atoms with van der Waals surface area (Å²) in [6.45, 7) is 8.16. The number of carbonyl (C=O) groups excluding carboxylic acids is 1. The van der Waals surface area contributed by atoms with Crippen LogP contribution in [-0.4, -0.2) is 33.7 Å². The Kier molecular flexibility index (Phi) is 4.81. The predicted molar refractivity (Wildman–Crippen MR) is 65.7 cm³/mol. The van der Waals surface area contributed by atoms with Crippen molar-refractivity contribution in [2.75, 3.05) is 11.9 Å². The van der Waals surface area contributed by atoms with E-state index in [0.29, 0.717) is 12.5 Å². The zero-order valence-electron chi connectivity index (χ0n) is 10.7. The Morgan fingerprint density at radius 2 is 2.00 bits per heavy atom. The molecule has 1 atom stereocenters. The van der Waals surface area contributed by atoms with Gasteiger partial charge in [-0.25, -0.2) is 4.98 Å². The van der Waals surface area contributed by atoms with Gasteiger partial charge < -0.3 is 10.6 Å². The van der Waals surface area contributed by atoms with Gasteiger partial charge >= 0.3 is 0 Å². The van der Waals surface area contributed by atoms with Crippen molar-refractivity contribution < 1.29 is 4.79 Å². The Morgan fingerprint density at radius 3 is 2.59 bits per heavy atom. The van der Waals surface area contributed by atoms with E-state index in [1.165, 1.54) is 0 Å². The van der Waals surface area contributed by atoms with Gasteiger partial charge in [-0.1, -0.05) is 6.92 Å². The summed E-state index contributed by atoms with van der Waals surface area (Å²) in [7, 11) is 0. The van der Waals surface area contributed by atoms with E-state index >= 15 is 0 Å². The summed E-state index contributed by atoms with van der Waals surface area (Å²) in [4.78, 5) is 15.8. The van der Waals surface area contributed by atoms with Crippen LogP contribution < -0.4 is 10.6 Å². The van der Waals surface area contributed by atoms with Crippen LogP contribution in [0.15, 0.2) is 0 Å². The van der Waals surface area contributed by atoms with Crippen molar-refractivity contribution in [1.82, 2.24) is 20.5 Å². The Hall–Kier alpha value is -1.72. The molecule has 0 aliphatic heterocycles. The number of aryl methyl sites for hydroxylation is 2. The van der Waals surface area contributed by atoms with Crippen LogP contribution in [0.25, 0.3) is 0 Å². The molecule has 1 rings (SSSR count). The zero-order chi connectivity index (χ0) is 12.8. The van der Waals surface area contributed by atoms with Crippen LogP contribution in [0.1, 0.15) is 31.7 Å². The van der Waals surface area contributed by atoms with Crippen molar-refractivity contribution in [2.45, 2.75) is 40.2 Å². The summed E-state index contributed by atoms with van der Waals surface area (Å²) < 4.78 is 0. The lowest BCUT2D eigenvalue weighted by molar-refractivity contribution is -0.121. The van der Waals surface area contributed by atoms with Gasteiger partial charge in [0, 0.05) is 6.54 Å². The smallest absolute Gasteiger partial charge is 0.243 e. The first-order chi connectivity index (χ1) is 8.04. The lowest BCUT2D eigenvalue weighted by Crippen LogP contribution is -2.38. The third-order valence-corrected chi connectivity index (χ3v) is 2.38. The van der Waals surface area contributed by atoms with E-state index in [1.807, 2.05) is 20.8 Å². The minimum Gasteiger partial charge on any atom is -0.354 e. The molecule has 1 heterocycles. The number of nitrogens with one attached hydrogen (secondary N) is 2. The second-order valence-electron chi connectivity index (χ2n) is 3.96. The molecule has 6 nitrogen and oxygen atoms in total. The highest BCUT2D eigenvalue weighted by molar-refractivity contribution is 5.83. The standard InChI is InChI=1S/C11H19N5O/c1-5-6-12-10(17)9(4)14-11-13-7(2)8(3)15-16-11/h9H,5-6H2,1-4H3,(H,12,17)(H,13,14,16). The first-order valence-electron chi connectivity index (χ1n) is 5.76. The molecule has 6 heteroatoms. The molecule has 2 N–H and O–H groups in total. The van der Waals surface area contributed by atoms with Gasteiger partial charge in [-0.15, -0.1) is 5.10 Å². The first kappa shape index (κ1) is 13.3. The molecule has 0 saturated carbocycles. The number of amides is 1. The summed E-state index contributed by atoms with van der Waals surface area (Å²) in [6, 6.07) is -0.370. The van der Waals surface area contributed by atoms with Crippen LogP contribution in [0.3, 0.4) is 0 Å². The van der Waals surface area contributed by atoms with Gasteiger partial charge in [0.25, 0.3) is 0 Å². The normalized spacial score (nSPS) is 12.0. The fourth-order valence-corrected chi connectivity index (χ4v) is 1.18. The second kappa shape index (κ2) is 6.12. The number of hydrogen-bond acceptors (Lipinski definition) is 5. The number of rotatable bonds is 5. The van der Waals surface area contributed by atoms with Crippen molar-refractivity contribution in [3.8, 4) is 0 Å². The second-order valence-corrected chi connectivity index (χ2v) is 3.96. The number of carbonyl (C=O) groups is 1. The summed E-state index contributed by atoms with van der Waals surface area (Å²) in [5.74, 6) is 0.320. The quantitative estimate of drug-likeness (QED) is 0.792. The van der Waals surface area contributed by atoms with Crippen LogP contribution in [0.5, 0.6) is 0 Å². The molecule has 17 heavy (non-hydrogen) atoms. The fourth-order valence-electron chi connectivity index (χ4n) is 1.18. The third-order valence-electron chi connectivity index (χ3n) is 2.38. The van der Waals surface area contributed by atoms with E-state index in [2.05, 4.69) is 25.8 Å². The first-order valence-corrected chi connectivity index (χ1v) is 5.76. The molecule has 1 aromatic rings. The van der Waals surface area contributed by atoms with E-state index in [4.69, 9.17) is 0 Å². The van der Waals surface area contributed by atoms with E-state index in [1.54, 1.807) is 6.92 Å². The van der Waals surface area contributed by atoms with Gasteiger partial charge in [0.15, 0.2) is 0 Å². The summed E-state index contributed by atoms with van der Waals surface area (Å²) >= 11 is 0. The number of hydrogen-bond donors (Lipinski definition) is 2. The maximum Gasteiger partial charge on any atom is 0.243 e. The van der Waals surface area contributed by atoms with Gasteiger partial charge in [-0.2, -0.15) is 5.10 Å². The maximum absolute atomic E-state index is 11.6. The van der Waals surface area contributed by atoms with Crippen molar-refractivity contribution >= 4 is 11.9 Å². The molecule has 94 valence electrons. The van der Waals surface area contributed by atoms with Gasteiger partial charge in [0.05, 0.1) is 11.4 Å². The maximum atomic E-state index is 11.6. The van der Waals surface area contributed by atoms with Crippen LogP contribution in [0, 0.1) is 13.8 Å². The Balaban J connectivity index is 2.58. The molecule has 0 saturated heterocycles. The molecule has 0 fully saturated rings.